The number of benzene rings is 2. The van der Waals surface area contributed by atoms with Crippen LogP contribution in [0.4, 0.5) is 0 Å². The van der Waals surface area contributed by atoms with Crippen LogP contribution >= 0.6 is 0 Å². The highest BCUT2D eigenvalue weighted by Gasteiger charge is 2.26. The van der Waals surface area contributed by atoms with E-state index in [0.717, 1.165) is 6.42 Å². The van der Waals surface area contributed by atoms with Crippen molar-refractivity contribution in [2.75, 3.05) is 26.8 Å². The minimum Gasteiger partial charge on any atom is -0.486 e. The molecule has 0 saturated carbocycles. The predicted octanol–water partition coefficient (Wildman–Crippen LogP) is 2.67. The Kier molecular flexibility index (Phi) is 4.32. The van der Waals surface area contributed by atoms with Gasteiger partial charge in [0.15, 0.2) is 11.5 Å². The topological polar surface area (TPSA) is 48.0 Å². The Bertz CT molecular complexity index is 789. The van der Waals surface area contributed by atoms with Gasteiger partial charge in [-0.15, -0.1) is 0 Å². The summed E-state index contributed by atoms with van der Waals surface area (Å²) in [6.45, 7) is 2.11. The predicted molar refractivity (Wildman–Crippen MR) is 93.1 cm³/mol. The number of ether oxygens (including phenoxy) is 3. The van der Waals surface area contributed by atoms with Crippen molar-refractivity contribution >= 4 is 5.91 Å². The molecule has 1 unspecified atom stereocenters. The molecule has 5 nitrogen and oxygen atoms in total. The zero-order valence-electron chi connectivity index (χ0n) is 14.2. The Labute approximate surface area is 147 Å². The normalized spacial score (nSPS) is 18.4. The van der Waals surface area contributed by atoms with Gasteiger partial charge in [0.1, 0.15) is 13.2 Å². The van der Waals surface area contributed by atoms with Crippen molar-refractivity contribution in [1.29, 1.82) is 0 Å². The number of rotatable bonds is 3. The number of para-hydroxylation sites is 1. The fraction of sp³-hybridized carbons (Fsp3) is 0.350. The fourth-order valence-corrected chi connectivity index (χ4v) is 3.36. The monoisotopic (exact) mass is 339 g/mol. The summed E-state index contributed by atoms with van der Waals surface area (Å²) in [5.74, 6) is 1.10. The van der Waals surface area contributed by atoms with Crippen molar-refractivity contribution in [2.45, 2.75) is 19.1 Å². The molecule has 0 aromatic heterocycles. The summed E-state index contributed by atoms with van der Waals surface area (Å²) in [6.07, 6.45) is 0.820. The maximum Gasteiger partial charge on any atom is 0.257 e. The van der Waals surface area contributed by atoms with Gasteiger partial charge in [-0.25, -0.2) is 0 Å². The van der Waals surface area contributed by atoms with Crippen LogP contribution < -0.4 is 9.47 Å². The third-order valence-corrected chi connectivity index (χ3v) is 4.66. The molecule has 5 heteroatoms. The molecular formula is C20H21NO4. The molecule has 130 valence electrons. The number of nitrogens with zero attached hydrogens (tertiary/aromatic N) is 1. The Balaban J connectivity index is 1.47. The number of hydrogen-bond donors (Lipinski definition) is 0. The fourth-order valence-electron chi connectivity index (χ4n) is 3.36. The second kappa shape index (κ2) is 6.76. The van der Waals surface area contributed by atoms with Gasteiger partial charge >= 0.3 is 0 Å². The van der Waals surface area contributed by atoms with E-state index in [-0.39, 0.29) is 12.0 Å². The van der Waals surface area contributed by atoms with Crippen LogP contribution in [0.5, 0.6) is 11.5 Å². The molecule has 0 N–H and O–H groups in total. The smallest absolute Gasteiger partial charge is 0.257 e. The average molecular weight is 339 g/mol. The molecule has 0 fully saturated rings. The van der Waals surface area contributed by atoms with Crippen LogP contribution in [-0.4, -0.2) is 43.7 Å². The highest BCUT2D eigenvalue weighted by atomic mass is 16.6. The average Bonchev–Trinajstić information content (AvgIpc) is 2.67. The lowest BCUT2D eigenvalue weighted by Crippen LogP contribution is -2.38. The molecule has 0 spiro atoms. The van der Waals surface area contributed by atoms with Crippen molar-refractivity contribution in [1.82, 2.24) is 4.90 Å². The van der Waals surface area contributed by atoms with Gasteiger partial charge in [0.05, 0.1) is 18.3 Å². The van der Waals surface area contributed by atoms with E-state index in [4.69, 9.17) is 14.2 Å². The first-order valence-corrected chi connectivity index (χ1v) is 8.55. The summed E-state index contributed by atoms with van der Waals surface area (Å²) >= 11 is 0. The highest BCUT2D eigenvalue weighted by Crippen LogP contribution is 2.34. The van der Waals surface area contributed by atoms with Gasteiger partial charge in [-0.3, -0.25) is 4.79 Å². The zero-order chi connectivity index (χ0) is 17.2. The molecule has 25 heavy (non-hydrogen) atoms. The van der Waals surface area contributed by atoms with Gasteiger partial charge in [0.2, 0.25) is 0 Å². The summed E-state index contributed by atoms with van der Waals surface area (Å²) < 4.78 is 17.1. The number of hydrogen-bond acceptors (Lipinski definition) is 4. The minimum atomic E-state index is -0.0789. The van der Waals surface area contributed by atoms with Crippen molar-refractivity contribution in [3.63, 3.8) is 0 Å². The lowest BCUT2D eigenvalue weighted by Gasteiger charge is -2.29. The standard InChI is InChI=1S/C20H21NO4/c1-21(12-16-11-14-5-2-3-6-15(14)13-25-16)20(22)17-7-4-8-18-19(17)24-10-9-23-18/h2-8,16H,9-13H2,1H3. The van der Waals surface area contributed by atoms with Crippen molar-refractivity contribution in [3.8, 4) is 11.5 Å². The molecular weight excluding hydrogens is 318 g/mol. The number of amides is 1. The van der Waals surface area contributed by atoms with Gasteiger partial charge in [-0.05, 0) is 23.3 Å². The van der Waals surface area contributed by atoms with Crippen LogP contribution in [-0.2, 0) is 17.8 Å². The third kappa shape index (κ3) is 3.20. The van der Waals surface area contributed by atoms with E-state index < -0.39 is 0 Å². The molecule has 2 aromatic carbocycles. The molecule has 0 aliphatic carbocycles. The molecule has 2 heterocycles. The molecule has 1 amide bonds. The molecule has 2 aliphatic rings. The van der Waals surface area contributed by atoms with E-state index in [1.807, 2.05) is 24.3 Å². The summed E-state index contributed by atoms with van der Waals surface area (Å²) in [5.41, 5.74) is 3.07. The van der Waals surface area contributed by atoms with E-state index in [0.29, 0.717) is 43.4 Å². The van der Waals surface area contributed by atoms with Gasteiger partial charge in [0, 0.05) is 20.0 Å². The van der Waals surface area contributed by atoms with Gasteiger partial charge in [-0.2, -0.15) is 0 Å². The molecule has 2 aliphatic heterocycles. The second-order valence-electron chi connectivity index (χ2n) is 6.42. The Hall–Kier alpha value is -2.53. The van der Waals surface area contributed by atoms with E-state index in [2.05, 4.69) is 12.1 Å². The van der Waals surface area contributed by atoms with Gasteiger partial charge < -0.3 is 19.1 Å². The van der Waals surface area contributed by atoms with Crippen molar-refractivity contribution in [3.05, 3.63) is 59.2 Å². The largest absolute Gasteiger partial charge is 0.486 e. The Morgan fingerprint density at radius 1 is 1.08 bits per heavy atom. The summed E-state index contributed by atoms with van der Waals surface area (Å²) in [6, 6.07) is 13.7. The minimum absolute atomic E-state index is 0.000516. The summed E-state index contributed by atoms with van der Waals surface area (Å²) in [7, 11) is 1.80. The van der Waals surface area contributed by atoms with Crippen molar-refractivity contribution in [2.24, 2.45) is 0 Å². The first-order valence-electron chi connectivity index (χ1n) is 8.55. The highest BCUT2D eigenvalue weighted by molar-refractivity contribution is 5.97. The second-order valence-corrected chi connectivity index (χ2v) is 6.42. The lowest BCUT2D eigenvalue weighted by molar-refractivity contribution is 0.00971. The number of likely N-dealkylation sites (N-methyl/N-ethyl adjacent to an activating group) is 1. The first-order chi connectivity index (χ1) is 12.2. The molecule has 2 aromatic rings. The van der Waals surface area contributed by atoms with Crippen molar-refractivity contribution < 1.29 is 19.0 Å². The summed E-state index contributed by atoms with van der Waals surface area (Å²) in [5, 5.41) is 0. The molecule has 0 bridgehead atoms. The number of fused-ring (bicyclic) bond motifs is 2. The van der Waals surface area contributed by atoms with Crippen LogP contribution in [0.15, 0.2) is 42.5 Å². The zero-order valence-corrected chi connectivity index (χ0v) is 14.2. The van der Waals surface area contributed by atoms with E-state index in [9.17, 15) is 4.79 Å². The number of carbonyl (C=O) groups is 1. The number of carbonyl (C=O) groups excluding carboxylic acids is 1. The molecule has 4 rings (SSSR count). The SMILES string of the molecule is CN(CC1Cc2ccccc2CO1)C(=O)c1cccc2c1OCCO2. The quantitative estimate of drug-likeness (QED) is 0.863. The lowest BCUT2D eigenvalue weighted by atomic mass is 9.99. The maximum absolute atomic E-state index is 12.9. The van der Waals surface area contributed by atoms with Crippen LogP contribution in [0.2, 0.25) is 0 Å². The molecule has 0 radical (unpaired) electrons. The first kappa shape index (κ1) is 16.0. The Morgan fingerprint density at radius 3 is 2.76 bits per heavy atom. The van der Waals surface area contributed by atoms with Crippen LogP contribution in [0.1, 0.15) is 21.5 Å². The van der Waals surface area contributed by atoms with Crippen LogP contribution in [0, 0.1) is 0 Å². The summed E-state index contributed by atoms with van der Waals surface area (Å²) in [4.78, 5) is 14.6. The van der Waals surface area contributed by atoms with E-state index >= 15 is 0 Å². The molecule has 1 atom stereocenters. The molecule has 0 saturated heterocycles. The van der Waals surface area contributed by atoms with Gasteiger partial charge in [0.25, 0.3) is 5.91 Å². The Morgan fingerprint density at radius 2 is 1.88 bits per heavy atom. The maximum atomic E-state index is 12.9. The van der Waals surface area contributed by atoms with Crippen LogP contribution in [0.3, 0.4) is 0 Å². The third-order valence-electron chi connectivity index (χ3n) is 4.66. The van der Waals surface area contributed by atoms with Crippen LogP contribution in [0.25, 0.3) is 0 Å². The van der Waals surface area contributed by atoms with E-state index in [1.54, 1.807) is 18.0 Å². The van der Waals surface area contributed by atoms with Gasteiger partial charge in [-0.1, -0.05) is 30.3 Å². The van der Waals surface area contributed by atoms with E-state index in [1.165, 1.54) is 11.1 Å².